The summed E-state index contributed by atoms with van der Waals surface area (Å²) in [6.07, 6.45) is 0.619. The highest BCUT2D eigenvalue weighted by Crippen LogP contribution is 2.33. The molecule has 142 valence electrons. The van der Waals surface area contributed by atoms with Crippen molar-refractivity contribution in [3.8, 4) is 0 Å². The smallest absolute Gasteiger partial charge is 0.330 e. The quantitative estimate of drug-likeness (QED) is 0.712. The van der Waals surface area contributed by atoms with E-state index in [4.69, 9.17) is 33.7 Å². The van der Waals surface area contributed by atoms with Crippen LogP contribution in [0.3, 0.4) is 0 Å². The van der Waals surface area contributed by atoms with Crippen LogP contribution in [-0.4, -0.2) is 35.7 Å². The van der Waals surface area contributed by atoms with Crippen molar-refractivity contribution < 1.29 is 9.53 Å². The number of aromatic nitrogens is 2. The first kappa shape index (κ1) is 20.5. The number of hydrogen-bond acceptors (Lipinski definition) is 6. The third kappa shape index (κ3) is 4.12. The number of ether oxygens (including phenoxy) is 1. The van der Waals surface area contributed by atoms with Gasteiger partial charge in [-0.05, 0) is 12.5 Å². The Labute approximate surface area is 163 Å². The molecule has 2 aromatic rings. The van der Waals surface area contributed by atoms with Gasteiger partial charge in [-0.2, -0.15) is 0 Å². The van der Waals surface area contributed by atoms with E-state index in [0.717, 1.165) is 16.2 Å². The number of aromatic amines is 1. The Kier molecular flexibility index (Phi) is 6.87. The van der Waals surface area contributed by atoms with Crippen molar-refractivity contribution in [3.05, 3.63) is 41.1 Å². The number of anilines is 2. The van der Waals surface area contributed by atoms with Crippen molar-refractivity contribution in [1.82, 2.24) is 9.55 Å². The summed E-state index contributed by atoms with van der Waals surface area (Å²) >= 11 is 13.0. The highest BCUT2D eigenvalue weighted by molar-refractivity contribution is 7.20. The van der Waals surface area contributed by atoms with Gasteiger partial charge in [-0.15, -0.1) is 11.3 Å². The molecule has 0 spiro atoms. The fraction of sp³-hybridized carbons (Fsp3) is 0.400. The second-order valence-electron chi connectivity index (χ2n) is 5.33. The highest BCUT2D eigenvalue weighted by Gasteiger charge is 2.27. The first-order valence-corrected chi connectivity index (χ1v) is 9.27. The van der Waals surface area contributed by atoms with Gasteiger partial charge in [0.15, 0.2) is 5.69 Å². The third-order valence-corrected chi connectivity index (χ3v) is 5.07. The number of nitrogens with one attached hydrogen (secondary N) is 1. The molecule has 2 rings (SSSR count). The predicted octanol–water partition coefficient (Wildman–Crippen LogP) is 2.19. The van der Waals surface area contributed by atoms with Gasteiger partial charge in [-0.25, -0.2) is 4.79 Å². The highest BCUT2D eigenvalue weighted by atomic mass is 35.5. The molecule has 1 amide bonds. The fourth-order valence-corrected chi connectivity index (χ4v) is 3.86. The van der Waals surface area contributed by atoms with Crippen LogP contribution in [0.5, 0.6) is 0 Å². The molecule has 0 unspecified atom stereocenters. The largest absolute Gasteiger partial charge is 0.383 e. The molecule has 8 nitrogen and oxygen atoms in total. The van der Waals surface area contributed by atoms with Gasteiger partial charge < -0.3 is 10.5 Å². The lowest BCUT2D eigenvalue weighted by molar-refractivity contribution is 0.0976. The Morgan fingerprint density at radius 3 is 2.65 bits per heavy atom. The van der Waals surface area contributed by atoms with Crippen molar-refractivity contribution in [1.29, 1.82) is 0 Å². The molecule has 0 saturated carbocycles. The second kappa shape index (κ2) is 8.72. The number of rotatable bonds is 7. The minimum Gasteiger partial charge on any atom is -0.383 e. The van der Waals surface area contributed by atoms with Gasteiger partial charge in [0.25, 0.3) is 11.5 Å². The molecule has 0 aliphatic carbocycles. The molecule has 0 saturated heterocycles. The van der Waals surface area contributed by atoms with Crippen LogP contribution in [0.1, 0.15) is 23.7 Å². The van der Waals surface area contributed by atoms with E-state index in [-0.39, 0.29) is 34.6 Å². The normalized spacial score (nSPS) is 10.9. The second-order valence-corrected chi connectivity index (χ2v) is 7.62. The maximum absolute atomic E-state index is 13.0. The standard InChI is InChI=1S/C15H18Cl2N4O4S/c1-3-4-21-12(18)10(13(22)19-15(21)24)20(5-6-25-2)14(23)8-7-9(16)26-11(8)17/h7H,3-6,18H2,1-2H3,(H,19,22,24). The van der Waals surface area contributed by atoms with Crippen molar-refractivity contribution in [2.24, 2.45) is 0 Å². The van der Waals surface area contributed by atoms with E-state index in [9.17, 15) is 14.4 Å². The zero-order chi connectivity index (χ0) is 19.4. The molecule has 0 aliphatic rings. The van der Waals surface area contributed by atoms with Crippen LogP contribution >= 0.6 is 34.5 Å². The van der Waals surface area contributed by atoms with Crippen LogP contribution in [0.15, 0.2) is 15.7 Å². The summed E-state index contributed by atoms with van der Waals surface area (Å²) < 4.78 is 6.77. The number of amides is 1. The number of nitrogens with zero attached hydrogens (tertiary/aromatic N) is 2. The number of nitrogen functional groups attached to an aromatic ring is 1. The molecule has 2 heterocycles. The minimum absolute atomic E-state index is 0.0384. The molecule has 0 aliphatic heterocycles. The van der Waals surface area contributed by atoms with Crippen LogP contribution in [0.25, 0.3) is 0 Å². The summed E-state index contributed by atoms with van der Waals surface area (Å²) in [6.45, 7) is 2.34. The Morgan fingerprint density at radius 1 is 1.42 bits per heavy atom. The molecule has 0 bridgehead atoms. The number of nitrogens with two attached hydrogens (primary N) is 1. The molecular weight excluding hydrogens is 403 g/mol. The van der Waals surface area contributed by atoms with Gasteiger partial charge in [-0.3, -0.25) is 24.0 Å². The van der Waals surface area contributed by atoms with Crippen LogP contribution in [-0.2, 0) is 11.3 Å². The third-order valence-electron chi connectivity index (χ3n) is 3.58. The van der Waals surface area contributed by atoms with Gasteiger partial charge in [0, 0.05) is 20.2 Å². The summed E-state index contributed by atoms with van der Waals surface area (Å²) in [7, 11) is 1.46. The minimum atomic E-state index is -0.762. The lowest BCUT2D eigenvalue weighted by Gasteiger charge is -2.24. The van der Waals surface area contributed by atoms with Crippen LogP contribution in [0, 0.1) is 0 Å². The number of H-pyrrole nitrogens is 1. The summed E-state index contributed by atoms with van der Waals surface area (Å²) in [5.74, 6) is -0.656. The van der Waals surface area contributed by atoms with E-state index in [2.05, 4.69) is 4.98 Å². The summed E-state index contributed by atoms with van der Waals surface area (Å²) in [5.41, 5.74) is 4.68. The average molecular weight is 421 g/mol. The maximum atomic E-state index is 13.0. The van der Waals surface area contributed by atoms with Gasteiger partial charge in [0.05, 0.1) is 16.5 Å². The molecule has 0 aromatic carbocycles. The van der Waals surface area contributed by atoms with Crippen LogP contribution < -0.4 is 21.9 Å². The maximum Gasteiger partial charge on any atom is 0.330 e. The van der Waals surface area contributed by atoms with E-state index >= 15 is 0 Å². The topological polar surface area (TPSA) is 110 Å². The zero-order valence-electron chi connectivity index (χ0n) is 14.2. The first-order chi connectivity index (χ1) is 12.3. The van der Waals surface area contributed by atoms with Gasteiger partial charge in [0.1, 0.15) is 10.2 Å². The van der Waals surface area contributed by atoms with E-state index in [1.807, 2.05) is 6.92 Å². The molecule has 11 heteroatoms. The Balaban J connectivity index is 2.62. The SMILES string of the molecule is CCCn1c(N)c(N(CCOC)C(=O)c2cc(Cl)sc2Cl)c(=O)[nH]c1=O. The van der Waals surface area contributed by atoms with Gasteiger partial charge in [-0.1, -0.05) is 30.1 Å². The molecule has 3 N–H and O–H groups in total. The number of carbonyl (C=O) groups is 1. The van der Waals surface area contributed by atoms with Crippen LogP contribution in [0.4, 0.5) is 11.5 Å². The molecule has 0 fully saturated rings. The van der Waals surface area contributed by atoms with E-state index in [0.29, 0.717) is 17.3 Å². The number of thiophene rings is 1. The van der Waals surface area contributed by atoms with Crippen molar-refractivity contribution in [3.63, 3.8) is 0 Å². The molecule has 0 radical (unpaired) electrons. The lowest BCUT2D eigenvalue weighted by Crippen LogP contribution is -2.42. The predicted molar refractivity (Wildman–Crippen MR) is 104 cm³/mol. The monoisotopic (exact) mass is 420 g/mol. The Hall–Kier alpha value is -1.81. The van der Waals surface area contributed by atoms with Gasteiger partial charge >= 0.3 is 5.69 Å². The Morgan fingerprint density at radius 2 is 2.12 bits per heavy atom. The molecule has 26 heavy (non-hydrogen) atoms. The lowest BCUT2D eigenvalue weighted by atomic mass is 10.2. The van der Waals surface area contributed by atoms with Gasteiger partial charge in [0.2, 0.25) is 0 Å². The van der Waals surface area contributed by atoms with E-state index in [1.54, 1.807) is 0 Å². The summed E-state index contributed by atoms with van der Waals surface area (Å²) in [5, 5.41) is 0. The molecule has 0 atom stereocenters. The average Bonchev–Trinajstić information content (AvgIpc) is 2.92. The molecular formula is C15H18Cl2N4O4S. The number of methoxy groups -OCH3 is 1. The molecule has 2 aromatic heterocycles. The summed E-state index contributed by atoms with van der Waals surface area (Å²) in [4.78, 5) is 40.7. The van der Waals surface area contributed by atoms with Crippen molar-refractivity contribution in [2.45, 2.75) is 19.9 Å². The van der Waals surface area contributed by atoms with E-state index < -0.39 is 17.2 Å². The first-order valence-electron chi connectivity index (χ1n) is 7.70. The summed E-state index contributed by atoms with van der Waals surface area (Å²) in [6, 6.07) is 1.42. The van der Waals surface area contributed by atoms with Crippen molar-refractivity contribution in [2.75, 3.05) is 30.9 Å². The number of hydrogen-bond donors (Lipinski definition) is 2. The van der Waals surface area contributed by atoms with E-state index in [1.165, 1.54) is 17.7 Å². The number of carbonyl (C=O) groups excluding carboxylic acids is 1. The fourth-order valence-electron chi connectivity index (χ4n) is 2.41. The number of halogens is 2. The van der Waals surface area contributed by atoms with Crippen molar-refractivity contribution >= 4 is 52.0 Å². The Bertz CT molecular complexity index is 921. The zero-order valence-corrected chi connectivity index (χ0v) is 16.5. The van der Waals surface area contributed by atoms with Crippen LogP contribution in [0.2, 0.25) is 8.67 Å².